The van der Waals surface area contributed by atoms with Crippen molar-refractivity contribution in [1.82, 2.24) is 15.1 Å². The van der Waals surface area contributed by atoms with E-state index in [1.165, 1.54) is 21.9 Å². The maximum Gasteiger partial charge on any atom is 0.267 e. The number of carbonyl (C=O) groups is 1. The zero-order valence-electron chi connectivity index (χ0n) is 13.6. The maximum absolute atomic E-state index is 12.4. The van der Waals surface area contributed by atoms with E-state index in [4.69, 9.17) is 0 Å². The van der Waals surface area contributed by atoms with Gasteiger partial charge in [-0.2, -0.15) is 5.10 Å². The molecule has 4 rings (SSSR count). The van der Waals surface area contributed by atoms with Gasteiger partial charge in [-0.15, -0.1) is 0 Å². The van der Waals surface area contributed by atoms with Gasteiger partial charge in [0.25, 0.3) is 5.56 Å². The fourth-order valence-electron chi connectivity index (χ4n) is 3.45. The van der Waals surface area contributed by atoms with E-state index in [-0.39, 0.29) is 24.1 Å². The number of fused-ring (bicyclic) bond motifs is 1. The van der Waals surface area contributed by atoms with Crippen molar-refractivity contribution in [2.45, 2.75) is 50.6 Å². The molecule has 1 N–H and O–H groups in total. The van der Waals surface area contributed by atoms with Gasteiger partial charge in [-0.25, -0.2) is 4.68 Å². The molecule has 1 atom stereocenters. The summed E-state index contributed by atoms with van der Waals surface area (Å²) in [5.41, 5.74) is 3.20. The van der Waals surface area contributed by atoms with Crippen molar-refractivity contribution in [3.63, 3.8) is 0 Å². The third kappa shape index (κ3) is 3.11. The highest BCUT2D eigenvalue weighted by atomic mass is 16.2. The summed E-state index contributed by atoms with van der Waals surface area (Å²) >= 11 is 0. The van der Waals surface area contributed by atoms with Crippen LogP contribution in [-0.4, -0.2) is 15.7 Å². The minimum Gasteiger partial charge on any atom is -0.348 e. The van der Waals surface area contributed by atoms with E-state index in [9.17, 15) is 9.59 Å². The van der Waals surface area contributed by atoms with Gasteiger partial charge in [-0.1, -0.05) is 24.3 Å². The molecule has 1 amide bonds. The summed E-state index contributed by atoms with van der Waals surface area (Å²) in [6, 6.07) is 11.6. The highest BCUT2D eigenvalue weighted by molar-refractivity contribution is 5.76. The highest BCUT2D eigenvalue weighted by Gasteiger charge is 2.26. The van der Waals surface area contributed by atoms with Gasteiger partial charge < -0.3 is 5.32 Å². The van der Waals surface area contributed by atoms with Crippen LogP contribution in [0.3, 0.4) is 0 Å². The molecule has 1 saturated carbocycles. The number of aromatic nitrogens is 2. The van der Waals surface area contributed by atoms with Crippen LogP contribution in [0.4, 0.5) is 0 Å². The zero-order valence-corrected chi connectivity index (χ0v) is 13.6. The second-order valence-corrected chi connectivity index (χ2v) is 6.74. The SMILES string of the molecule is O=C(Cn1nc(C2CC2)ccc1=O)N[C@@H]1CCCc2ccccc21. The summed E-state index contributed by atoms with van der Waals surface area (Å²) in [7, 11) is 0. The second-order valence-electron chi connectivity index (χ2n) is 6.74. The van der Waals surface area contributed by atoms with Crippen LogP contribution in [0.1, 0.15) is 54.5 Å². The standard InChI is InChI=1S/C19H21N3O2/c23-18(12-22-19(24)11-10-16(21-22)14-8-9-14)20-17-7-3-5-13-4-1-2-6-15(13)17/h1-2,4,6,10-11,14,17H,3,5,7-9,12H2,(H,20,23)/t17-/m1/s1. The summed E-state index contributed by atoms with van der Waals surface area (Å²) in [5, 5.41) is 7.43. The molecule has 1 fully saturated rings. The Bertz CT molecular complexity index is 823. The molecule has 1 aromatic carbocycles. The Morgan fingerprint density at radius 3 is 2.83 bits per heavy atom. The van der Waals surface area contributed by atoms with Crippen molar-refractivity contribution in [2.75, 3.05) is 0 Å². The van der Waals surface area contributed by atoms with Gasteiger partial charge >= 0.3 is 0 Å². The Balaban J connectivity index is 1.48. The molecule has 0 aliphatic heterocycles. The minimum absolute atomic E-state index is 0.0158. The van der Waals surface area contributed by atoms with Crippen molar-refractivity contribution in [2.24, 2.45) is 0 Å². The van der Waals surface area contributed by atoms with Crippen LogP contribution in [0.25, 0.3) is 0 Å². The Morgan fingerprint density at radius 2 is 2.00 bits per heavy atom. The molecule has 5 heteroatoms. The number of aryl methyl sites for hydroxylation is 1. The lowest BCUT2D eigenvalue weighted by Gasteiger charge is -2.26. The Morgan fingerprint density at radius 1 is 1.17 bits per heavy atom. The molecule has 124 valence electrons. The van der Waals surface area contributed by atoms with Crippen molar-refractivity contribution in [3.05, 3.63) is 63.6 Å². The third-order valence-electron chi connectivity index (χ3n) is 4.88. The summed E-state index contributed by atoms with van der Waals surface area (Å²) < 4.78 is 1.29. The molecule has 0 spiro atoms. The lowest BCUT2D eigenvalue weighted by molar-refractivity contribution is -0.122. The highest BCUT2D eigenvalue weighted by Crippen LogP contribution is 2.38. The van der Waals surface area contributed by atoms with Crippen LogP contribution < -0.4 is 10.9 Å². The van der Waals surface area contributed by atoms with Gasteiger partial charge in [0.2, 0.25) is 5.91 Å². The van der Waals surface area contributed by atoms with Gasteiger partial charge in [-0.05, 0) is 49.3 Å². The van der Waals surface area contributed by atoms with Gasteiger partial charge in [0.15, 0.2) is 0 Å². The molecule has 2 aromatic rings. The number of amides is 1. The van der Waals surface area contributed by atoms with E-state index in [1.807, 2.05) is 12.1 Å². The lowest BCUT2D eigenvalue weighted by atomic mass is 9.88. The molecule has 0 saturated heterocycles. The Hall–Kier alpha value is -2.43. The van der Waals surface area contributed by atoms with Crippen LogP contribution in [0, 0.1) is 0 Å². The first-order chi connectivity index (χ1) is 11.7. The van der Waals surface area contributed by atoms with E-state index >= 15 is 0 Å². The first kappa shape index (κ1) is 15.1. The minimum atomic E-state index is -0.224. The molecule has 0 unspecified atom stereocenters. The number of benzene rings is 1. The monoisotopic (exact) mass is 323 g/mol. The number of hydrogen-bond donors (Lipinski definition) is 1. The second kappa shape index (κ2) is 6.23. The van der Waals surface area contributed by atoms with Crippen LogP contribution in [0.15, 0.2) is 41.2 Å². The van der Waals surface area contributed by atoms with Gasteiger partial charge in [0.05, 0.1) is 11.7 Å². The van der Waals surface area contributed by atoms with Gasteiger partial charge in [0.1, 0.15) is 6.54 Å². The predicted molar refractivity (Wildman–Crippen MR) is 90.7 cm³/mol. The van der Waals surface area contributed by atoms with Crippen LogP contribution >= 0.6 is 0 Å². The van der Waals surface area contributed by atoms with Gasteiger partial charge in [0, 0.05) is 12.0 Å². The van der Waals surface area contributed by atoms with E-state index in [2.05, 4.69) is 22.5 Å². The molecule has 2 aliphatic carbocycles. The average Bonchev–Trinajstić information content (AvgIpc) is 3.42. The van der Waals surface area contributed by atoms with E-state index in [0.717, 1.165) is 37.8 Å². The van der Waals surface area contributed by atoms with E-state index in [0.29, 0.717) is 5.92 Å². The van der Waals surface area contributed by atoms with E-state index in [1.54, 1.807) is 6.07 Å². The molecule has 5 nitrogen and oxygen atoms in total. The molecule has 0 radical (unpaired) electrons. The van der Waals surface area contributed by atoms with Crippen molar-refractivity contribution in [1.29, 1.82) is 0 Å². The zero-order chi connectivity index (χ0) is 16.5. The summed E-state index contributed by atoms with van der Waals surface area (Å²) in [6.45, 7) is -0.0158. The fraction of sp³-hybridized carbons (Fsp3) is 0.421. The molecular weight excluding hydrogens is 302 g/mol. The Labute approximate surface area is 140 Å². The quantitative estimate of drug-likeness (QED) is 0.939. The number of nitrogens with zero attached hydrogens (tertiary/aromatic N) is 2. The van der Waals surface area contributed by atoms with Crippen molar-refractivity contribution < 1.29 is 4.79 Å². The van der Waals surface area contributed by atoms with Crippen molar-refractivity contribution >= 4 is 5.91 Å². The molecule has 0 bridgehead atoms. The number of carbonyl (C=O) groups excluding carboxylic acids is 1. The van der Waals surface area contributed by atoms with Gasteiger partial charge in [-0.3, -0.25) is 9.59 Å². The number of nitrogens with one attached hydrogen (secondary N) is 1. The first-order valence-electron chi connectivity index (χ1n) is 8.66. The molecule has 2 aliphatic rings. The summed E-state index contributed by atoms with van der Waals surface area (Å²) in [4.78, 5) is 24.4. The normalized spacial score (nSPS) is 19.6. The molecule has 1 aromatic heterocycles. The number of hydrogen-bond acceptors (Lipinski definition) is 3. The largest absolute Gasteiger partial charge is 0.348 e. The van der Waals surface area contributed by atoms with Crippen LogP contribution in [-0.2, 0) is 17.8 Å². The van der Waals surface area contributed by atoms with Crippen molar-refractivity contribution in [3.8, 4) is 0 Å². The van der Waals surface area contributed by atoms with Crippen LogP contribution in [0.2, 0.25) is 0 Å². The smallest absolute Gasteiger partial charge is 0.267 e. The first-order valence-corrected chi connectivity index (χ1v) is 8.66. The fourth-order valence-corrected chi connectivity index (χ4v) is 3.45. The number of rotatable bonds is 4. The topological polar surface area (TPSA) is 64.0 Å². The summed E-state index contributed by atoms with van der Waals surface area (Å²) in [5.74, 6) is 0.310. The predicted octanol–water partition coefficient (Wildman–Crippen LogP) is 2.31. The molecular formula is C19H21N3O2. The summed E-state index contributed by atoms with van der Waals surface area (Å²) in [6.07, 6.45) is 5.31. The molecule has 24 heavy (non-hydrogen) atoms. The van der Waals surface area contributed by atoms with E-state index < -0.39 is 0 Å². The van der Waals surface area contributed by atoms with Crippen LogP contribution in [0.5, 0.6) is 0 Å². The third-order valence-corrected chi connectivity index (χ3v) is 4.88. The molecule has 1 heterocycles. The average molecular weight is 323 g/mol. The lowest BCUT2D eigenvalue weighted by Crippen LogP contribution is -2.36. The Kier molecular flexibility index (Phi) is 3.92. The maximum atomic E-state index is 12.4.